The van der Waals surface area contributed by atoms with Crippen molar-refractivity contribution in [2.24, 2.45) is 5.92 Å². The number of fused-ring (bicyclic) bond motifs is 1. The van der Waals surface area contributed by atoms with Gasteiger partial charge in [-0.05, 0) is 86.8 Å². The lowest BCUT2D eigenvalue weighted by molar-refractivity contribution is -0.118. The second-order valence-corrected chi connectivity index (χ2v) is 25.4. The molecule has 2 N–H and O–H groups in total. The van der Waals surface area contributed by atoms with Gasteiger partial charge in [0.05, 0.1) is 46.3 Å². The molecule has 18 heteroatoms. The normalized spacial score (nSPS) is 18.4. The van der Waals surface area contributed by atoms with Crippen LogP contribution in [-0.2, 0) is 33.3 Å². The summed E-state index contributed by atoms with van der Waals surface area (Å²) in [6.07, 6.45) is -1.92. The molecule has 1 aliphatic rings. The van der Waals surface area contributed by atoms with E-state index in [0.29, 0.717) is 11.5 Å². The smallest absolute Gasteiger partial charge is 0.280 e. The molecule has 6 rings (SSSR count). The van der Waals surface area contributed by atoms with Crippen LogP contribution in [0.25, 0.3) is 11.2 Å². The summed E-state index contributed by atoms with van der Waals surface area (Å²) in [5.74, 6) is 0.636. The number of nitriles is 1. The summed E-state index contributed by atoms with van der Waals surface area (Å²) < 4.78 is 51.2. The number of hydrogen-bond acceptors (Lipinski definition) is 13. The monoisotopic (exact) mass is 969 g/mol. The van der Waals surface area contributed by atoms with Gasteiger partial charge in [0.2, 0.25) is 11.9 Å². The van der Waals surface area contributed by atoms with Gasteiger partial charge < -0.3 is 32.4 Å². The van der Waals surface area contributed by atoms with E-state index in [0.717, 1.165) is 16.7 Å². The molecule has 3 aromatic carbocycles. The van der Waals surface area contributed by atoms with Gasteiger partial charge in [-0.1, -0.05) is 89.2 Å². The second kappa shape index (κ2) is 22.2. The Bertz CT molecular complexity index is 2490. The number of methoxy groups -OCH3 is 2. The molecule has 0 aliphatic carbocycles. The number of nitrogens with one attached hydrogen (secondary N) is 2. The van der Waals surface area contributed by atoms with Crippen molar-refractivity contribution in [2.75, 3.05) is 32.8 Å². The third-order valence-corrected chi connectivity index (χ3v) is 19.1. The van der Waals surface area contributed by atoms with Crippen molar-refractivity contribution >= 4 is 39.9 Å². The van der Waals surface area contributed by atoms with Crippen LogP contribution in [0.15, 0.2) is 90.0 Å². The number of benzene rings is 3. The molecule has 1 amide bonds. The van der Waals surface area contributed by atoms with E-state index in [4.69, 9.17) is 37.4 Å². The third-order valence-electron chi connectivity index (χ3n) is 12.5. The Hall–Kier alpha value is -5.02. The highest BCUT2D eigenvalue weighted by molar-refractivity contribution is 7.44. The van der Waals surface area contributed by atoms with Gasteiger partial charge in [-0.15, -0.1) is 0 Å². The topological polar surface area (TPSA) is 184 Å². The number of anilines is 1. The Labute approximate surface area is 402 Å². The highest BCUT2D eigenvalue weighted by atomic mass is 31.2. The minimum absolute atomic E-state index is 0.0234. The summed E-state index contributed by atoms with van der Waals surface area (Å²) in [4.78, 5) is 38.5. The number of carbonyl (C=O) groups is 1. The average molecular weight is 970 g/mol. The predicted octanol–water partition coefficient (Wildman–Crippen LogP) is 9.69. The summed E-state index contributed by atoms with van der Waals surface area (Å²) in [6.45, 7) is 22.8. The number of rotatable bonds is 21. The number of nitrogens with zero attached hydrogens (tertiary/aromatic N) is 5. The SMILES string of the molecule is COc1ccc(C(OC[C@H]2O[C@@H](n3cnc4c(=O)[nH]c(NC(=O)C(C)C)nc43)[C@H](OP(OCCC#N)N(C(C)C)C(C)C)[C@H]2O[Si](C)(C)C(C)(C)C)(c2ccccc2)c2ccc(OC)cc2)cc1. The van der Waals surface area contributed by atoms with E-state index in [-0.39, 0.29) is 65.7 Å². The van der Waals surface area contributed by atoms with Crippen molar-refractivity contribution in [3.05, 3.63) is 112 Å². The van der Waals surface area contributed by atoms with Crippen LogP contribution >= 0.6 is 8.53 Å². The molecule has 5 atom stereocenters. The lowest BCUT2D eigenvalue weighted by Crippen LogP contribution is -2.51. The Kier molecular flexibility index (Phi) is 17.1. The molecule has 3 heterocycles. The number of carbonyl (C=O) groups excluding carboxylic acids is 1. The van der Waals surface area contributed by atoms with E-state index >= 15 is 0 Å². The Morgan fingerprint density at radius 2 is 1.49 bits per heavy atom. The fraction of sp³-hybridized carbons (Fsp3) is 0.500. The lowest BCUT2D eigenvalue weighted by Gasteiger charge is -2.43. The van der Waals surface area contributed by atoms with Crippen molar-refractivity contribution in [2.45, 2.75) is 129 Å². The molecule has 366 valence electrons. The van der Waals surface area contributed by atoms with Crippen LogP contribution in [0.5, 0.6) is 11.5 Å². The van der Waals surface area contributed by atoms with Gasteiger partial charge in [-0.2, -0.15) is 10.2 Å². The van der Waals surface area contributed by atoms with E-state index in [1.54, 1.807) is 32.6 Å². The number of imidazole rings is 1. The van der Waals surface area contributed by atoms with Gasteiger partial charge in [-0.3, -0.25) is 24.5 Å². The highest BCUT2D eigenvalue weighted by Gasteiger charge is 2.54. The molecule has 0 spiro atoms. The van der Waals surface area contributed by atoms with Crippen LogP contribution in [0.2, 0.25) is 18.1 Å². The van der Waals surface area contributed by atoms with Crippen LogP contribution in [0.1, 0.15) is 91.7 Å². The molecule has 1 unspecified atom stereocenters. The minimum Gasteiger partial charge on any atom is -0.497 e. The summed E-state index contributed by atoms with van der Waals surface area (Å²) in [5.41, 5.74) is 0.967. The first-order chi connectivity index (χ1) is 32.3. The maximum Gasteiger partial charge on any atom is 0.280 e. The molecule has 68 heavy (non-hydrogen) atoms. The first-order valence-corrected chi connectivity index (χ1v) is 27.1. The Morgan fingerprint density at radius 1 is 0.912 bits per heavy atom. The van der Waals surface area contributed by atoms with E-state index in [1.807, 2.05) is 78.9 Å². The molecular formula is C50H68N7O9PSi. The number of aromatic nitrogens is 4. The lowest BCUT2D eigenvalue weighted by atomic mass is 9.80. The quantitative estimate of drug-likeness (QED) is 0.0307. The molecule has 16 nitrogen and oxygen atoms in total. The number of hydrogen-bond donors (Lipinski definition) is 2. The van der Waals surface area contributed by atoms with Crippen LogP contribution in [-0.4, -0.2) is 96.2 Å². The Balaban J connectivity index is 1.58. The van der Waals surface area contributed by atoms with E-state index in [1.165, 1.54) is 6.33 Å². The fourth-order valence-electron chi connectivity index (χ4n) is 7.95. The molecule has 5 aromatic rings. The second-order valence-electron chi connectivity index (χ2n) is 19.2. The van der Waals surface area contributed by atoms with Crippen LogP contribution in [0.4, 0.5) is 5.95 Å². The largest absolute Gasteiger partial charge is 0.497 e. The van der Waals surface area contributed by atoms with E-state index < -0.39 is 52.5 Å². The third kappa shape index (κ3) is 11.4. The minimum atomic E-state index is -2.69. The summed E-state index contributed by atoms with van der Waals surface area (Å²) >= 11 is 0. The summed E-state index contributed by atoms with van der Waals surface area (Å²) in [5, 5.41) is 12.1. The number of aromatic amines is 1. The maximum absolute atomic E-state index is 13.6. The van der Waals surface area contributed by atoms with Crippen molar-refractivity contribution in [1.82, 2.24) is 24.2 Å². The standard InChI is InChI=1S/C50H68N7O9PSi/c1-32(2)45(58)54-48-53-44-41(46(59)55-48)52-31-56(44)47-43(65-67(63-29-17-28-51)57(33(3)4)34(5)6)42(66-68(12,13)49(7,8)9)40(64-47)30-62-50(35-18-15-14-16-19-35,36-20-24-38(60-10)25-21-36)37-22-26-39(61-11)27-23-37/h14-16,18-27,31-34,40,42-43,47H,17,29-30H2,1-13H3,(H2,53,54,55,58,59)/t40-,42+,43-,47-,67?/m1/s1. The van der Waals surface area contributed by atoms with Crippen LogP contribution in [0.3, 0.4) is 0 Å². The number of H-pyrrole nitrogens is 1. The van der Waals surface area contributed by atoms with Crippen LogP contribution < -0.4 is 20.3 Å². The molecule has 0 radical (unpaired) electrons. The zero-order valence-corrected chi connectivity index (χ0v) is 43.5. The first-order valence-electron chi connectivity index (χ1n) is 23.1. The molecule has 1 aliphatic heterocycles. The van der Waals surface area contributed by atoms with Crippen molar-refractivity contribution in [3.8, 4) is 17.6 Å². The fourth-order valence-corrected chi connectivity index (χ4v) is 11.0. The zero-order chi connectivity index (χ0) is 49.6. The van der Waals surface area contributed by atoms with Crippen LogP contribution in [0, 0.1) is 17.2 Å². The summed E-state index contributed by atoms with van der Waals surface area (Å²) in [7, 11) is -1.29. The van der Waals surface area contributed by atoms with Crippen molar-refractivity contribution < 1.29 is 37.2 Å². The molecule has 1 fully saturated rings. The zero-order valence-electron chi connectivity index (χ0n) is 41.6. The van der Waals surface area contributed by atoms with Gasteiger partial charge in [0.1, 0.15) is 35.4 Å². The molecule has 0 bridgehead atoms. The van der Waals surface area contributed by atoms with Gasteiger partial charge in [0.15, 0.2) is 25.7 Å². The number of ether oxygens (including phenoxy) is 4. The van der Waals surface area contributed by atoms with Crippen molar-refractivity contribution in [1.29, 1.82) is 5.26 Å². The first kappa shape index (κ1) is 52.4. The van der Waals surface area contributed by atoms with Gasteiger partial charge in [0, 0.05) is 18.0 Å². The van der Waals surface area contributed by atoms with Gasteiger partial charge in [-0.25, -0.2) is 9.65 Å². The van der Waals surface area contributed by atoms with Gasteiger partial charge >= 0.3 is 0 Å². The van der Waals surface area contributed by atoms with E-state index in [2.05, 4.69) is 87.6 Å². The van der Waals surface area contributed by atoms with E-state index in [9.17, 15) is 14.9 Å². The average Bonchev–Trinajstić information content (AvgIpc) is 3.87. The highest BCUT2D eigenvalue weighted by Crippen LogP contribution is 2.53. The van der Waals surface area contributed by atoms with Gasteiger partial charge in [0.25, 0.3) is 14.1 Å². The maximum atomic E-state index is 13.6. The molecule has 0 saturated carbocycles. The number of amides is 1. The molecule has 2 aromatic heterocycles. The predicted molar refractivity (Wildman–Crippen MR) is 266 cm³/mol. The summed E-state index contributed by atoms with van der Waals surface area (Å²) in [6, 6.07) is 27.8. The molecule has 1 saturated heterocycles. The van der Waals surface area contributed by atoms with Crippen molar-refractivity contribution in [3.63, 3.8) is 0 Å². The Morgan fingerprint density at radius 3 is 2.00 bits per heavy atom. The molecular weight excluding hydrogens is 902 g/mol.